The third-order valence-electron chi connectivity index (χ3n) is 4.04. The monoisotopic (exact) mass is 389 g/mol. The van der Waals surface area contributed by atoms with Gasteiger partial charge >= 0.3 is 18.0 Å². The molecule has 1 aromatic carbocycles. The lowest BCUT2D eigenvalue weighted by Crippen LogP contribution is -2.46. The van der Waals surface area contributed by atoms with Gasteiger partial charge in [0, 0.05) is 12.1 Å². The van der Waals surface area contributed by atoms with Gasteiger partial charge in [0.2, 0.25) is 0 Å². The van der Waals surface area contributed by atoms with Gasteiger partial charge in [-0.3, -0.25) is 5.32 Å². The Hall–Kier alpha value is -3.14. The largest absolute Gasteiger partial charge is 0.456 e. The van der Waals surface area contributed by atoms with E-state index in [-0.39, 0.29) is 17.2 Å². The zero-order valence-corrected chi connectivity index (χ0v) is 15.2. The lowest BCUT2D eigenvalue weighted by molar-refractivity contribution is 0.0124. The van der Waals surface area contributed by atoms with Crippen LogP contribution in [0.1, 0.15) is 23.3 Å². The Kier molecular flexibility index (Phi) is 5.55. The molecule has 1 atom stereocenters. The fraction of sp³-hybridized carbons (Fsp3) is 0.294. The van der Waals surface area contributed by atoms with Crippen LogP contribution < -0.4 is 16.8 Å². The van der Waals surface area contributed by atoms with Crippen LogP contribution >= 0.6 is 11.3 Å². The van der Waals surface area contributed by atoms with Gasteiger partial charge in [0.05, 0.1) is 6.54 Å². The highest BCUT2D eigenvalue weighted by atomic mass is 32.1. The second kappa shape index (κ2) is 8.04. The zero-order valence-electron chi connectivity index (χ0n) is 14.4. The molecule has 4 amide bonds. The second-order valence-electron chi connectivity index (χ2n) is 6.01. The highest BCUT2D eigenvalue weighted by Crippen LogP contribution is 2.33. The van der Waals surface area contributed by atoms with Crippen LogP contribution in [0.25, 0.3) is 10.6 Å². The Morgan fingerprint density at radius 2 is 1.96 bits per heavy atom. The van der Waals surface area contributed by atoms with Gasteiger partial charge in [0.1, 0.15) is 16.1 Å². The maximum atomic E-state index is 12.6. The minimum atomic E-state index is -0.801. The molecule has 3 rings (SSSR count). The number of esters is 1. The van der Waals surface area contributed by atoms with E-state index >= 15 is 0 Å². The number of likely N-dealkylation sites (tertiary alicyclic amines) is 1. The number of carbonyl (C=O) groups excluding carboxylic acids is 3. The Morgan fingerprint density at radius 3 is 2.63 bits per heavy atom. The van der Waals surface area contributed by atoms with E-state index in [9.17, 15) is 14.4 Å². The summed E-state index contributed by atoms with van der Waals surface area (Å²) in [6, 6.07) is 7.88. The lowest BCUT2D eigenvalue weighted by Gasteiger charge is -2.30. The summed E-state index contributed by atoms with van der Waals surface area (Å²) in [6.07, 6.45) is 0.811. The number of primary amides is 2. The first kappa shape index (κ1) is 18.6. The van der Waals surface area contributed by atoms with Crippen LogP contribution in [-0.2, 0) is 4.74 Å². The van der Waals surface area contributed by atoms with Crippen molar-refractivity contribution < 1.29 is 19.1 Å². The summed E-state index contributed by atoms with van der Waals surface area (Å²) < 4.78 is 5.49. The molecule has 10 heteroatoms. The molecule has 0 bridgehead atoms. The van der Waals surface area contributed by atoms with Crippen molar-refractivity contribution in [2.75, 3.05) is 18.4 Å². The van der Waals surface area contributed by atoms with Crippen LogP contribution in [0.5, 0.6) is 0 Å². The van der Waals surface area contributed by atoms with E-state index in [1.807, 2.05) is 30.3 Å². The summed E-state index contributed by atoms with van der Waals surface area (Å²) in [7, 11) is 0. The van der Waals surface area contributed by atoms with Crippen LogP contribution in [0, 0.1) is 0 Å². The minimum Gasteiger partial charge on any atom is -0.456 e. The smallest absolute Gasteiger partial charge is 0.360 e. The van der Waals surface area contributed by atoms with Gasteiger partial charge < -0.3 is 21.1 Å². The molecule has 1 aromatic heterocycles. The number of urea groups is 2. The van der Waals surface area contributed by atoms with Crippen molar-refractivity contribution in [1.29, 1.82) is 0 Å². The van der Waals surface area contributed by atoms with E-state index in [1.54, 1.807) is 0 Å². The molecule has 1 aliphatic heterocycles. The zero-order chi connectivity index (χ0) is 19.4. The molecule has 0 spiro atoms. The van der Waals surface area contributed by atoms with Crippen LogP contribution in [0.15, 0.2) is 30.3 Å². The lowest BCUT2D eigenvalue weighted by atomic mass is 10.1. The predicted octanol–water partition coefficient (Wildman–Crippen LogP) is 2.00. The van der Waals surface area contributed by atoms with Crippen molar-refractivity contribution in [3.05, 3.63) is 36.0 Å². The Labute approximate surface area is 159 Å². The van der Waals surface area contributed by atoms with Crippen LogP contribution in [0.2, 0.25) is 0 Å². The number of benzene rings is 1. The molecule has 2 aromatic rings. The molecule has 2 heterocycles. The van der Waals surface area contributed by atoms with Crippen molar-refractivity contribution in [2.45, 2.75) is 18.9 Å². The molecule has 142 valence electrons. The summed E-state index contributed by atoms with van der Waals surface area (Å²) >= 11 is 1.13. The van der Waals surface area contributed by atoms with Gasteiger partial charge in [0.25, 0.3) is 0 Å². The number of nitrogens with one attached hydrogen (secondary N) is 1. The fourth-order valence-electron chi connectivity index (χ4n) is 2.80. The van der Waals surface area contributed by atoms with Crippen molar-refractivity contribution in [1.82, 2.24) is 9.88 Å². The number of thiazole rings is 1. The van der Waals surface area contributed by atoms with Crippen LogP contribution in [-0.4, -0.2) is 47.1 Å². The number of piperidine rings is 1. The van der Waals surface area contributed by atoms with E-state index in [0.29, 0.717) is 24.4 Å². The molecule has 0 aliphatic carbocycles. The standard InChI is InChI=1S/C17H19N5O4S/c18-16(24)21-14-12(20-13(27-14)10-5-2-1-3-6-10)15(23)26-11-7-4-8-22(9-11)17(19)25/h1-3,5-6,11H,4,7-9H2,(H2,19,25)(H3,18,21,24). The topological polar surface area (TPSA) is 141 Å². The normalized spacial score (nSPS) is 16.6. The molecule has 1 fully saturated rings. The van der Waals surface area contributed by atoms with E-state index in [2.05, 4.69) is 10.3 Å². The molecule has 1 unspecified atom stereocenters. The third kappa shape index (κ3) is 4.53. The second-order valence-corrected chi connectivity index (χ2v) is 7.00. The first-order valence-corrected chi connectivity index (χ1v) is 9.13. The SMILES string of the molecule is NC(=O)Nc1sc(-c2ccccc2)nc1C(=O)OC1CCCN(C(N)=O)C1. The molecule has 0 saturated carbocycles. The summed E-state index contributed by atoms with van der Waals surface area (Å²) in [4.78, 5) is 41.0. The molecular weight excluding hydrogens is 370 g/mol. The number of ether oxygens (including phenoxy) is 1. The quantitative estimate of drug-likeness (QED) is 0.686. The number of hydrogen-bond acceptors (Lipinski definition) is 6. The van der Waals surface area contributed by atoms with Gasteiger partial charge in [-0.2, -0.15) is 0 Å². The molecule has 1 saturated heterocycles. The van der Waals surface area contributed by atoms with E-state index < -0.39 is 24.1 Å². The number of nitrogens with two attached hydrogens (primary N) is 2. The van der Waals surface area contributed by atoms with Gasteiger partial charge in [0.15, 0.2) is 5.69 Å². The molecule has 9 nitrogen and oxygen atoms in total. The van der Waals surface area contributed by atoms with Gasteiger partial charge in [-0.05, 0) is 12.8 Å². The van der Waals surface area contributed by atoms with E-state index in [0.717, 1.165) is 16.9 Å². The molecular formula is C17H19N5O4S. The molecule has 27 heavy (non-hydrogen) atoms. The first-order chi connectivity index (χ1) is 12.9. The Balaban J connectivity index is 1.81. The number of aromatic nitrogens is 1. The Bertz CT molecular complexity index is 854. The van der Waals surface area contributed by atoms with E-state index in [1.165, 1.54) is 4.90 Å². The van der Waals surface area contributed by atoms with Gasteiger partial charge in [-0.15, -0.1) is 0 Å². The maximum absolute atomic E-state index is 12.6. The average molecular weight is 389 g/mol. The summed E-state index contributed by atoms with van der Waals surface area (Å²) in [5.74, 6) is -0.687. The average Bonchev–Trinajstić information content (AvgIpc) is 3.06. The third-order valence-corrected chi connectivity index (χ3v) is 5.06. The number of amides is 4. The van der Waals surface area contributed by atoms with Crippen LogP contribution in [0.3, 0.4) is 0 Å². The van der Waals surface area contributed by atoms with Crippen molar-refractivity contribution in [2.24, 2.45) is 11.5 Å². The van der Waals surface area contributed by atoms with Crippen molar-refractivity contribution in [3.63, 3.8) is 0 Å². The van der Waals surface area contributed by atoms with Crippen molar-refractivity contribution >= 4 is 34.4 Å². The Morgan fingerprint density at radius 1 is 1.22 bits per heavy atom. The van der Waals surface area contributed by atoms with Crippen LogP contribution in [0.4, 0.5) is 14.6 Å². The summed E-state index contributed by atoms with van der Waals surface area (Å²) in [6.45, 7) is 0.766. The number of carbonyl (C=O) groups is 3. The van der Waals surface area contributed by atoms with Crippen molar-refractivity contribution in [3.8, 4) is 10.6 Å². The minimum absolute atomic E-state index is 0.0196. The number of nitrogens with zero attached hydrogens (tertiary/aromatic N) is 2. The van der Waals surface area contributed by atoms with Gasteiger partial charge in [-0.1, -0.05) is 41.7 Å². The number of hydrogen-bond donors (Lipinski definition) is 3. The van der Waals surface area contributed by atoms with E-state index in [4.69, 9.17) is 16.2 Å². The highest BCUT2D eigenvalue weighted by Gasteiger charge is 2.28. The fourth-order valence-corrected chi connectivity index (χ4v) is 3.76. The molecule has 1 aliphatic rings. The maximum Gasteiger partial charge on any atom is 0.360 e. The number of anilines is 1. The number of rotatable bonds is 4. The first-order valence-electron chi connectivity index (χ1n) is 8.32. The summed E-state index contributed by atoms with van der Waals surface area (Å²) in [5, 5.41) is 3.18. The predicted molar refractivity (Wildman–Crippen MR) is 100 cm³/mol. The molecule has 0 radical (unpaired) electrons. The summed E-state index contributed by atoms with van der Waals surface area (Å²) in [5.41, 5.74) is 11.3. The molecule has 5 N–H and O–H groups in total. The van der Waals surface area contributed by atoms with Gasteiger partial charge in [-0.25, -0.2) is 19.4 Å². The highest BCUT2D eigenvalue weighted by molar-refractivity contribution is 7.19.